The zero-order valence-electron chi connectivity index (χ0n) is 32.7. The lowest BCUT2D eigenvalue weighted by molar-refractivity contribution is 0.953. The molecule has 1 aliphatic heterocycles. The third kappa shape index (κ3) is 5.19. The summed E-state index contributed by atoms with van der Waals surface area (Å²) in [6.45, 7) is 0. The number of fused-ring (bicyclic) bond motifs is 9. The summed E-state index contributed by atoms with van der Waals surface area (Å²) in [6.07, 6.45) is 0. The summed E-state index contributed by atoms with van der Waals surface area (Å²) < 4.78 is 4.67. The van der Waals surface area contributed by atoms with Crippen LogP contribution in [0.2, 0.25) is 0 Å². The summed E-state index contributed by atoms with van der Waals surface area (Å²) in [6, 6.07) is 71.4. The monoisotopic (exact) mass is 795 g/mol. The van der Waals surface area contributed by atoms with Crippen LogP contribution in [0.25, 0.3) is 111 Å². The second-order valence-electron chi connectivity index (χ2n) is 15.6. The van der Waals surface area contributed by atoms with Gasteiger partial charge in [-0.25, -0.2) is 4.98 Å². The zero-order chi connectivity index (χ0) is 40.0. The van der Waals surface area contributed by atoms with Gasteiger partial charge in [-0.2, -0.15) is 9.97 Å². The Hall–Kier alpha value is -7.80. The molecule has 3 aromatic heterocycles. The van der Waals surface area contributed by atoms with Crippen LogP contribution in [-0.4, -0.2) is 24.1 Å². The second kappa shape index (κ2) is 13.4. The molecule has 9 aromatic carbocycles. The maximum Gasteiger partial charge on any atom is 0.238 e. The van der Waals surface area contributed by atoms with Gasteiger partial charge in [-0.05, 0) is 76.2 Å². The second-order valence-corrected chi connectivity index (χ2v) is 16.6. The van der Waals surface area contributed by atoms with Crippen LogP contribution in [-0.2, 0) is 0 Å². The van der Waals surface area contributed by atoms with Crippen molar-refractivity contribution in [2.24, 2.45) is 0 Å². The largest absolute Gasteiger partial charge is 0.309 e. The maximum atomic E-state index is 5.18. The molecule has 4 heterocycles. The summed E-state index contributed by atoms with van der Waals surface area (Å²) in [4.78, 5) is 18.0. The molecular weight excluding hydrogens is 763 g/mol. The molecule has 5 nitrogen and oxygen atoms in total. The van der Waals surface area contributed by atoms with Gasteiger partial charge in [-0.1, -0.05) is 163 Å². The van der Waals surface area contributed by atoms with Crippen molar-refractivity contribution in [1.29, 1.82) is 0 Å². The van der Waals surface area contributed by atoms with Crippen molar-refractivity contribution in [2.45, 2.75) is 9.79 Å². The van der Waals surface area contributed by atoms with Gasteiger partial charge >= 0.3 is 0 Å². The molecule has 0 radical (unpaired) electrons. The highest BCUT2D eigenvalue weighted by molar-refractivity contribution is 7.99. The number of hydrogen-bond donors (Lipinski definition) is 0. The van der Waals surface area contributed by atoms with Crippen LogP contribution >= 0.6 is 11.8 Å². The first-order chi connectivity index (χ1) is 30.3. The summed E-state index contributed by atoms with van der Waals surface area (Å²) in [5.74, 6) is 1.84. The van der Waals surface area contributed by atoms with Gasteiger partial charge in [-0.3, -0.25) is 4.57 Å². The predicted octanol–water partition coefficient (Wildman–Crippen LogP) is 14.4. The highest BCUT2D eigenvalue weighted by Crippen LogP contribution is 2.51. The molecule has 61 heavy (non-hydrogen) atoms. The fourth-order valence-electron chi connectivity index (χ4n) is 9.54. The molecule has 12 aromatic rings. The van der Waals surface area contributed by atoms with E-state index in [1.165, 1.54) is 53.5 Å². The Bertz CT molecular complexity index is 3660. The van der Waals surface area contributed by atoms with Gasteiger partial charge in [0.05, 0.1) is 22.1 Å². The molecule has 6 heteroatoms. The molecule has 284 valence electrons. The van der Waals surface area contributed by atoms with Crippen LogP contribution in [0.4, 0.5) is 0 Å². The van der Waals surface area contributed by atoms with Gasteiger partial charge in [-0.15, -0.1) is 0 Å². The van der Waals surface area contributed by atoms with Gasteiger partial charge in [0.15, 0.2) is 11.6 Å². The van der Waals surface area contributed by atoms with Crippen molar-refractivity contribution in [3.05, 3.63) is 200 Å². The van der Waals surface area contributed by atoms with Gasteiger partial charge in [0.25, 0.3) is 0 Å². The van der Waals surface area contributed by atoms with E-state index in [-0.39, 0.29) is 0 Å². The van der Waals surface area contributed by atoms with E-state index in [0.717, 1.165) is 49.7 Å². The molecule has 0 amide bonds. The molecule has 0 saturated heterocycles. The molecule has 0 saturated carbocycles. The molecule has 0 unspecified atom stereocenters. The van der Waals surface area contributed by atoms with Crippen molar-refractivity contribution in [2.75, 3.05) is 0 Å². The average Bonchev–Trinajstić information content (AvgIpc) is 3.85. The predicted molar refractivity (Wildman–Crippen MR) is 252 cm³/mol. The fourth-order valence-corrected chi connectivity index (χ4v) is 10.7. The molecule has 0 fully saturated rings. The Morgan fingerprint density at radius 3 is 1.72 bits per heavy atom. The Balaban J connectivity index is 1.08. The maximum absolute atomic E-state index is 5.18. The quantitative estimate of drug-likeness (QED) is 0.174. The summed E-state index contributed by atoms with van der Waals surface area (Å²) in [7, 11) is 0. The van der Waals surface area contributed by atoms with Crippen LogP contribution in [0, 0.1) is 0 Å². The first-order valence-electron chi connectivity index (χ1n) is 20.5. The minimum Gasteiger partial charge on any atom is -0.309 e. The van der Waals surface area contributed by atoms with E-state index < -0.39 is 0 Å². The standard InChI is InChI=1S/C55H33N5S/c1-4-16-34(17-5-1)53-56-54(35-18-6-2-7-19-35)58-55(57-53)60-44-26-12-10-23-40(44)50-38(24-14-27-45(50)60)36-30-31-41-46(32-36)59(37-20-8-3-9-21-37)47-33-43-39-22-11-13-28-48(39)61-49-29-15-25-42(51(41)47)52(43)49/h1-33H. The SMILES string of the molecule is c1ccc(-c2nc(-c3ccccc3)nc(-n3c4ccccc4c4c(-c5ccc6c7c8cccc9c8c(cc7n(-c7ccccc7)c6c5)-c5ccccc5S9)cccc43)n2)cc1. The number of hydrogen-bond acceptors (Lipinski definition) is 4. The molecule has 1 aliphatic rings. The molecule has 0 spiro atoms. The summed E-state index contributed by atoms with van der Waals surface area (Å²) in [5.41, 5.74) is 12.3. The van der Waals surface area contributed by atoms with Crippen LogP contribution in [0.5, 0.6) is 0 Å². The van der Waals surface area contributed by atoms with Crippen LogP contribution in [0.3, 0.4) is 0 Å². The minimum atomic E-state index is 0.579. The van der Waals surface area contributed by atoms with E-state index >= 15 is 0 Å². The Morgan fingerprint density at radius 1 is 0.328 bits per heavy atom. The average molecular weight is 796 g/mol. The number of para-hydroxylation sites is 2. The number of rotatable bonds is 5. The first-order valence-corrected chi connectivity index (χ1v) is 21.3. The number of benzene rings is 9. The lowest BCUT2D eigenvalue weighted by Crippen LogP contribution is -2.06. The van der Waals surface area contributed by atoms with E-state index in [1.54, 1.807) is 0 Å². The van der Waals surface area contributed by atoms with E-state index in [9.17, 15) is 0 Å². The van der Waals surface area contributed by atoms with Gasteiger partial charge in [0, 0.05) is 53.5 Å². The summed E-state index contributed by atoms with van der Waals surface area (Å²) >= 11 is 1.87. The fraction of sp³-hybridized carbons (Fsp3) is 0. The minimum absolute atomic E-state index is 0.579. The molecule has 0 bridgehead atoms. The molecule has 0 aliphatic carbocycles. The number of aromatic nitrogens is 5. The smallest absolute Gasteiger partial charge is 0.238 e. The van der Waals surface area contributed by atoms with Crippen LogP contribution < -0.4 is 0 Å². The van der Waals surface area contributed by atoms with Gasteiger partial charge in [0.2, 0.25) is 5.95 Å². The molecule has 0 atom stereocenters. The summed E-state index contributed by atoms with van der Waals surface area (Å²) in [5, 5.41) is 7.41. The lowest BCUT2D eigenvalue weighted by Gasteiger charge is -2.21. The third-order valence-corrected chi connectivity index (χ3v) is 13.3. The van der Waals surface area contributed by atoms with Gasteiger partial charge < -0.3 is 4.57 Å². The van der Waals surface area contributed by atoms with Crippen molar-refractivity contribution < 1.29 is 0 Å². The highest BCUT2D eigenvalue weighted by atomic mass is 32.2. The van der Waals surface area contributed by atoms with Crippen molar-refractivity contribution in [1.82, 2.24) is 24.1 Å². The van der Waals surface area contributed by atoms with E-state index in [1.807, 2.05) is 48.2 Å². The van der Waals surface area contributed by atoms with Crippen molar-refractivity contribution >= 4 is 66.1 Å². The topological polar surface area (TPSA) is 48.5 Å². The van der Waals surface area contributed by atoms with Crippen LogP contribution in [0.1, 0.15) is 0 Å². The lowest BCUT2D eigenvalue weighted by atomic mass is 9.93. The van der Waals surface area contributed by atoms with Crippen LogP contribution in [0.15, 0.2) is 210 Å². The molecule has 13 rings (SSSR count). The van der Waals surface area contributed by atoms with Crippen molar-refractivity contribution in [3.63, 3.8) is 0 Å². The molecular formula is C55H33N5S. The van der Waals surface area contributed by atoms with E-state index in [0.29, 0.717) is 17.6 Å². The first kappa shape index (κ1) is 34.1. The Kier molecular flexibility index (Phi) is 7.47. The normalized spacial score (nSPS) is 12.2. The van der Waals surface area contributed by atoms with E-state index in [2.05, 4.69) is 173 Å². The van der Waals surface area contributed by atoms with E-state index in [4.69, 9.17) is 15.0 Å². The number of nitrogens with zero attached hydrogens (tertiary/aromatic N) is 5. The zero-order valence-corrected chi connectivity index (χ0v) is 33.5. The molecule has 0 N–H and O–H groups in total. The van der Waals surface area contributed by atoms with Gasteiger partial charge in [0.1, 0.15) is 0 Å². The third-order valence-electron chi connectivity index (χ3n) is 12.2. The highest BCUT2D eigenvalue weighted by Gasteiger charge is 2.25. The van der Waals surface area contributed by atoms with Crippen molar-refractivity contribution in [3.8, 4) is 56.7 Å². The Morgan fingerprint density at radius 2 is 0.934 bits per heavy atom. The Labute approximate surface area is 355 Å².